The van der Waals surface area contributed by atoms with Crippen molar-refractivity contribution in [3.63, 3.8) is 0 Å². The van der Waals surface area contributed by atoms with Gasteiger partial charge in [0, 0.05) is 0 Å². The minimum atomic E-state index is -0.627. The van der Waals surface area contributed by atoms with Crippen molar-refractivity contribution < 1.29 is 14.3 Å². The van der Waals surface area contributed by atoms with Crippen LogP contribution in [0.15, 0.2) is 29.8 Å². The fraction of sp³-hybridized carbons (Fsp3) is 0.267. The summed E-state index contributed by atoms with van der Waals surface area (Å²) in [6, 6.07) is 10.5. The molecule has 5 nitrogen and oxygen atoms in total. The number of carbonyl (C=O) groups is 1. The van der Waals surface area contributed by atoms with Gasteiger partial charge < -0.3 is 9.47 Å². The first kappa shape index (κ1) is 15.3. The Bertz CT molecular complexity index is 589. The summed E-state index contributed by atoms with van der Waals surface area (Å²) < 4.78 is 9.96. The van der Waals surface area contributed by atoms with Crippen LogP contribution >= 0.6 is 0 Å². The highest BCUT2D eigenvalue weighted by Gasteiger charge is 2.14. The van der Waals surface area contributed by atoms with E-state index in [1.54, 1.807) is 38.1 Å². The summed E-state index contributed by atoms with van der Waals surface area (Å²) in [5.74, 6) is -0.0740. The molecule has 1 aromatic carbocycles. The van der Waals surface area contributed by atoms with Crippen molar-refractivity contribution in [2.45, 2.75) is 13.8 Å². The zero-order chi connectivity index (χ0) is 15.0. The Morgan fingerprint density at radius 3 is 2.40 bits per heavy atom. The molecule has 0 unspecified atom stereocenters. The van der Waals surface area contributed by atoms with Crippen LogP contribution in [0.3, 0.4) is 0 Å². The highest BCUT2D eigenvalue weighted by molar-refractivity contribution is 6.01. The Labute approximate surface area is 117 Å². The number of hydrogen-bond acceptors (Lipinski definition) is 5. The van der Waals surface area contributed by atoms with E-state index in [0.29, 0.717) is 11.3 Å². The topological polar surface area (TPSA) is 83.1 Å². The second-order valence-corrected chi connectivity index (χ2v) is 3.80. The fourth-order valence-corrected chi connectivity index (χ4v) is 1.55. The zero-order valence-corrected chi connectivity index (χ0v) is 11.3. The standard InChI is InChI=1S/C15H14N2O3/c1-3-19-15(18)14(10-17)11(2)12-4-6-13(7-5-12)20-9-8-16/h4-7H,3,9H2,1-2H3/b14-11-. The van der Waals surface area contributed by atoms with Crippen molar-refractivity contribution in [1.82, 2.24) is 0 Å². The van der Waals surface area contributed by atoms with Gasteiger partial charge in [-0.05, 0) is 37.1 Å². The minimum Gasteiger partial charge on any atom is -0.479 e. The number of esters is 1. The lowest BCUT2D eigenvalue weighted by Crippen LogP contribution is -2.08. The van der Waals surface area contributed by atoms with E-state index in [2.05, 4.69) is 0 Å². The number of benzene rings is 1. The Morgan fingerprint density at radius 2 is 1.90 bits per heavy atom. The van der Waals surface area contributed by atoms with Gasteiger partial charge in [-0.25, -0.2) is 4.79 Å². The van der Waals surface area contributed by atoms with Gasteiger partial charge in [0.25, 0.3) is 0 Å². The maximum absolute atomic E-state index is 11.6. The number of carbonyl (C=O) groups excluding carboxylic acids is 1. The monoisotopic (exact) mass is 270 g/mol. The van der Waals surface area contributed by atoms with Crippen molar-refractivity contribution >= 4 is 11.5 Å². The molecule has 0 heterocycles. The van der Waals surface area contributed by atoms with E-state index in [1.807, 2.05) is 12.1 Å². The van der Waals surface area contributed by atoms with Crippen molar-refractivity contribution in [2.75, 3.05) is 13.2 Å². The number of nitriles is 2. The van der Waals surface area contributed by atoms with Crippen LogP contribution in [0.2, 0.25) is 0 Å². The lowest BCUT2D eigenvalue weighted by atomic mass is 10.0. The molecule has 0 bridgehead atoms. The molecule has 0 saturated carbocycles. The molecular weight excluding hydrogens is 256 g/mol. The van der Waals surface area contributed by atoms with Crippen LogP contribution in [0.4, 0.5) is 0 Å². The molecule has 0 amide bonds. The van der Waals surface area contributed by atoms with Crippen molar-refractivity contribution in [2.24, 2.45) is 0 Å². The molecule has 0 atom stereocenters. The second kappa shape index (κ2) is 7.60. The molecular formula is C15H14N2O3. The number of ether oxygens (including phenoxy) is 2. The molecule has 20 heavy (non-hydrogen) atoms. The molecule has 0 N–H and O–H groups in total. The van der Waals surface area contributed by atoms with Gasteiger partial charge in [0.15, 0.2) is 6.61 Å². The highest BCUT2D eigenvalue weighted by Crippen LogP contribution is 2.21. The summed E-state index contributed by atoms with van der Waals surface area (Å²) in [7, 11) is 0. The van der Waals surface area contributed by atoms with Crippen LogP contribution in [-0.2, 0) is 9.53 Å². The average Bonchev–Trinajstić information content (AvgIpc) is 2.46. The van der Waals surface area contributed by atoms with Crippen LogP contribution in [0.5, 0.6) is 5.75 Å². The quantitative estimate of drug-likeness (QED) is 0.466. The molecule has 5 heteroatoms. The first-order valence-electron chi connectivity index (χ1n) is 6.02. The van der Waals surface area contributed by atoms with Gasteiger partial charge in [-0.2, -0.15) is 10.5 Å². The predicted octanol–water partition coefficient (Wildman–Crippen LogP) is 2.45. The maximum atomic E-state index is 11.6. The summed E-state index contributed by atoms with van der Waals surface area (Å²) in [5, 5.41) is 17.5. The maximum Gasteiger partial charge on any atom is 0.349 e. The third kappa shape index (κ3) is 3.86. The van der Waals surface area contributed by atoms with Crippen LogP contribution in [0, 0.1) is 22.7 Å². The molecule has 0 saturated heterocycles. The molecule has 0 radical (unpaired) electrons. The summed E-state index contributed by atoms with van der Waals surface area (Å²) in [6.45, 7) is 3.56. The van der Waals surface area contributed by atoms with E-state index in [-0.39, 0.29) is 18.8 Å². The van der Waals surface area contributed by atoms with Crippen LogP contribution in [0.1, 0.15) is 19.4 Å². The molecule has 0 aliphatic carbocycles. The Hall–Kier alpha value is -2.79. The van der Waals surface area contributed by atoms with Crippen LogP contribution in [-0.4, -0.2) is 19.2 Å². The molecule has 102 valence electrons. The molecule has 1 rings (SSSR count). The normalized spacial score (nSPS) is 10.8. The van der Waals surface area contributed by atoms with Crippen LogP contribution in [0.25, 0.3) is 5.57 Å². The van der Waals surface area contributed by atoms with E-state index < -0.39 is 5.97 Å². The lowest BCUT2D eigenvalue weighted by Gasteiger charge is -2.07. The molecule has 1 aromatic rings. The number of hydrogen-bond donors (Lipinski definition) is 0. The smallest absolute Gasteiger partial charge is 0.349 e. The summed E-state index contributed by atoms with van der Waals surface area (Å²) in [5.41, 5.74) is 1.24. The molecule has 0 aromatic heterocycles. The van der Waals surface area contributed by atoms with Crippen molar-refractivity contribution in [1.29, 1.82) is 10.5 Å². The van der Waals surface area contributed by atoms with E-state index >= 15 is 0 Å². The molecule has 0 fully saturated rings. The third-order valence-corrected chi connectivity index (χ3v) is 2.56. The van der Waals surface area contributed by atoms with E-state index in [0.717, 1.165) is 5.56 Å². The van der Waals surface area contributed by atoms with E-state index in [1.165, 1.54) is 0 Å². The fourth-order valence-electron chi connectivity index (χ4n) is 1.55. The average molecular weight is 270 g/mol. The minimum absolute atomic E-state index is 0.0162. The summed E-state index contributed by atoms with van der Waals surface area (Å²) >= 11 is 0. The number of allylic oxidation sites excluding steroid dienone is 1. The Kier molecular flexibility index (Phi) is 5.80. The largest absolute Gasteiger partial charge is 0.479 e. The first-order valence-corrected chi connectivity index (χ1v) is 6.02. The SMILES string of the molecule is CCOC(=O)/C(C#N)=C(/C)c1ccc(OCC#N)cc1. The number of rotatable bonds is 5. The highest BCUT2D eigenvalue weighted by atomic mass is 16.5. The van der Waals surface area contributed by atoms with E-state index in [4.69, 9.17) is 20.0 Å². The van der Waals surface area contributed by atoms with Gasteiger partial charge >= 0.3 is 5.97 Å². The van der Waals surface area contributed by atoms with Gasteiger partial charge in [-0.15, -0.1) is 0 Å². The summed E-state index contributed by atoms with van der Waals surface area (Å²) in [6.07, 6.45) is 0. The van der Waals surface area contributed by atoms with Gasteiger partial charge in [-0.1, -0.05) is 12.1 Å². The van der Waals surface area contributed by atoms with Gasteiger partial charge in [0.1, 0.15) is 23.5 Å². The first-order chi connectivity index (χ1) is 9.63. The van der Waals surface area contributed by atoms with E-state index in [9.17, 15) is 4.79 Å². The molecule has 0 aliphatic heterocycles. The van der Waals surface area contributed by atoms with Gasteiger partial charge in [0.2, 0.25) is 0 Å². The van der Waals surface area contributed by atoms with Crippen molar-refractivity contribution in [3.05, 3.63) is 35.4 Å². The van der Waals surface area contributed by atoms with Gasteiger partial charge in [-0.3, -0.25) is 0 Å². The second-order valence-electron chi connectivity index (χ2n) is 3.80. The lowest BCUT2D eigenvalue weighted by molar-refractivity contribution is -0.137. The third-order valence-electron chi connectivity index (χ3n) is 2.56. The Morgan fingerprint density at radius 1 is 1.25 bits per heavy atom. The van der Waals surface area contributed by atoms with Crippen molar-refractivity contribution in [3.8, 4) is 17.9 Å². The zero-order valence-electron chi connectivity index (χ0n) is 11.3. The van der Waals surface area contributed by atoms with Crippen LogP contribution < -0.4 is 4.74 Å². The predicted molar refractivity (Wildman–Crippen MR) is 72.4 cm³/mol. The molecule has 0 spiro atoms. The van der Waals surface area contributed by atoms with Gasteiger partial charge in [0.05, 0.1) is 6.61 Å². The number of nitrogens with zero attached hydrogens (tertiary/aromatic N) is 2. The summed E-state index contributed by atoms with van der Waals surface area (Å²) in [4.78, 5) is 11.6. The molecule has 0 aliphatic rings. The Balaban J connectivity index is 3.01.